The van der Waals surface area contributed by atoms with Crippen molar-refractivity contribution < 1.29 is 22.7 Å². The SMILES string of the molecule is COc1ccc(CC(=O)NCCC2CCCCN2S(=O)(=O)c2ccc(C)cc2)cc1OC. The fraction of sp³-hybridized carbons (Fsp3) is 0.458. The number of amides is 1. The van der Waals surface area contributed by atoms with E-state index in [1.807, 2.05) is 25.1 Å². The van der Waals surface area contributed by atoms with E-state index in [0.29, 0.717) is 35.9 Å². The van der Waals surface area contributed by atoms with Gasteiger partial charge in [-0.2, -0.15) is 4.31 Å². The quantitative estimate of drug-likeness (QED) is 0.621. The number of rotatable bonds is 9. The van der Waals surface area contributed by atoms with Crippen LogP contribution in [0.5, 0.6) is 11.5 Å². The van der Waals surface area contributed by atoms with Crippen LogP contribution in [-0.4, -0.2) is 52.0 Å². The van der Waals surface area contributed by atoms with Crippen molar-refractivity contribution >= 4 is 15.9 Å². The molecule has 1 heterocycles. The van der Waals surface area contributed by atoms with Crippen LogP contribution in [0.1, 0.15) is 36.8 Å². The van der Waals surface area contributed by atoms with Gasteiger partial charge < -0.3 is 14.8 Å². The number of aryl methyl sites for hydroxylation is 1. The highest BCUT2D eigenvalue weighted by molar-refractivity contribution is 7.89. The van der Waals surface area contributed by atoms with Crippen LogP contribution in [0.4, 0.5) is 0 Å². The van der Waals surface area contributed by atoms with E-state index in [0.717, 1.165) is 30.4 Å². The Hall–Kier alpha value is -2.58. The molecule has 0 spiro atoms. The number of piperidine rings is 1. The van der Waals surface area contributed by atoms with Gasteiger partial charge in [0, 0.05) is 19.1 Å². The van der Waals surface area contributed by atoms with Gasteiger partial charge in [0.05, 0.1) is 25.5 Å². The number of nitrogens with zero attached hydrogens (tertiary/aromatic N) is 1. The molecule has 0 aliphatic carbocycles. The first-order valence-electron chi connectivity index (χ1n) is 10.9. The van der Waals surface area contributed by atoms with Crippen LogP contribution in [-0.2, 0) is 21.2 Å². The van der Waals surface area contributed by atoms with Gasteiger partial charge in [0.25, 0.3) is 0 Å². The van der Waals surface area contributed by atoms with Gasteiger partial charge in [-0.05, 0) is 56.0 Å². The monoisotopic (exact) mass is 460 g/mol. The van der Waals surface area contributed by atoms with Gasteiger partial charge in [-0.3, -0.25) is 4.79 Å². The third-order valence-corrected chi connectivity index (χ3v) is 7.78. The van der Waals surface area contributed by atoms with E-state index in [4.69, 9.17) is 9.47 Å². The average molecular weight is 461 g/mol. The third-order valence-electron chi connectivity index (χ3n) is 5.81. The summed E-state index contributed by atoms with van der Waals surface area (Å²) < 4.78 is 38.5. The van der Waals surface area contributed by atoms with E-state index in [-0.39, 0.29) is 18.4 Å². The Bertz CT molecular complexity index is 1020. The largest absolute Gasteiger partial charge is 0.493 e. The number of methoxy groups -OCH3 is 2. The minimum atomic E-state index is -3.55. The Morgan fingerprint density at radius 3 is 2.47 bits per heavy atom. The summed E-state index contributed by atoms with van der Waals surface area (Å²) in [6, 6.07) is 12.3. The second-order valence-corrected chi connectivity index (χ2v) is 9.97. The van der Waals surface area contributed by atoms with Crippen molar-refractivity contribution in [2.24, 2.45) is 0 Å². The highest BCUT2D eigenvalue weighted by Crippen LogP contribution is 2.28. The molecule has 2 aromatic carbocycles. The Morgan fingerprint density at radius 1 is 1.06 bits per heavy atom. The zero-order valence-electron chi connectivity index (χ0n) is 19.0. The van der Waals surface area contributed by atoms with Crippen LogP contribution in [0.15, 0.2) is 47.4 Å². The maximum absolute atomic E-state index is 13.2. The number of carbonyl (C=O) groups is 1. The maximum atomic E-state index is 13.2. The molecule has 32 heavy (non-hydrogen) atoms. The molecule has 1 atom stereocenters. The summed E-state index contributed by atoms with van der Waals surface area (Å²) in [5.41, 5.74) is 1.85. The summed E-state index contributed by atoms with van der Waals surface area (Å²) >= 11 is 0. The van der Waals surface area contributed by atoms with Crippen molar-refractivity contribution in [3.8, 4) is 11.5 Å². The molecular weight excluding hydrogens is 428 g/mol. The lowest BCUT2D eigenvalue weighted by Gasteiger charge is -2.34. The van der Waals surface area contributed by atoms with Crippen LogP contribution >= 0.6 is 0 Å². The smallest absolute Gasteiger partial charge is 0.243 e. The van der Waals surface area contributed by atoms with Crippen molar-refractivity contribution in [2.45, 2.75) is 50.0 Å². The molecule has 174 valence electrons. The number of benzene rings is 2. The lowest BCUT2D eigenvalue weighted by Crippen LogP contribution is -2.45. The molecule has 0 bridgehead atoms. The molecule has 0 aromatic heterocycles. The molecule has 1 saturated heterocycles. The summed E-state index contributed by atoms with van der Waals surface area (Å²) in [7, 11) is -0.422. The van der Waals surface area contributed by atoms with Crippen LogP contribution in [0.3, 0.4) is 0 Å². The number of nitrogens with one attached hydrogen (secondary N) is 1. The normalized spacial score (nSPS) is 17.0. The predicted octanol–water partition coefficient (Wildman–Crippen LogP) is 3.30. The van der Waals surface area contributed by atoms with Crippen LogP contribution in [0, 0.1) is 6.92 Å². The fourth-order valence-electron chi connectivity index (χ4n) is 4.04. The van der Waals surface area contributed by atoms with Gasteiger partial charge in [-0.1, -0.05) is 30.2 Å². The summed E-state index contributed by atoms with van der Waals surface area (Å²) in [6.45, 7) is 2.88. The van der Waals surface area contributed by atoms with E-state index in [2.05, 4.69) is 5.32 Å². The average Bonchev–Trinajstić information content (AvgIpc) is 2.79. The lowest BCUT2D eigenvalue weighted by molar-refractivity contribution is -0.120. The standard InChI is InChI=1S/C24H32N2O5S/c1-18-7-10-21(11-8-18)32(28,29)26-15-5-4-6-20(26)13-14-25-24(27)17-19-9-12-22(30-2)23(16-19)31-3/h7-12,16,20H,4-6,13-15,17H2,1-3H3,(H,25,27). The van der Waals surface area contributed by atoms with Gasteiger partial charge in [-0.25, -0.2) is 8.42 Å². The van der Waals surface area contributed by atoms with Crippen molar-refractivity contribution in [2.75, 3.05) is 27.3 Å². The molecule has 1 amide bonds. The fourth-order valence-corrected chi connectivity index (χ4v) is 5.76. The highest BCUT2D eigenvalue weighted by Gasteiger charge is 2.33. The van der Waals surface area contributed by atoms with E-state index < -0.39 is 10.0 Å². The van der Waals surface area contributed by atoms with E-state index in [9.17, 15) is 13.2 Å². The summed E-state index contributed by atoms with van der Waals surface area (Å²) in [6.07, 6.45) is 3.45. The molecule has 8 heteroatoms. The maximum Gasteiger partial charge on any atom is 0.243 e. The minimum absolute atomic E-state index is 0.110. The number of carbonyl (C=O) groups excluding carboxylic acids is 1. The molecule has 1 fully saturated rings. The van der Waals surface area contributed by atoms with E-state index in [1.165, 1.54) is 0 Å². The molecule has 1 aliphatic rings. The minimum Gasteiger partial charge on any atom is -0.493 e. The second-order valence-electron chi connectivity index (χ2n) is 8.08. The zero-order chi connectivity index (χ0) is 23.1. The van der Waals surface area contributed by atoms with E-state index in [1.54, 1.807) is 42.8 Å². The Kier molecular flexibility index (Phi) is 8.15. The molecule has 1 aliphatic heterocycles. The Labute approximate surface area is 190 Å². The first kappa shape index (κ1) is 24.1. The van der Waals surface area contributed by atoms with Gasteiger partial charge >= 0.3 is 0 Å². The highest BCUT2D eigenvalue weighted by atomic mass is 32.2. The Balaban J connectivity index is 1.58. The van der Waals surface area contributed by atoms with Crippen molar-refractivity contribution in [3.63, 3.8) is 0 Å². The van der Waals surface area contributed by atoms with Crippen molar-refractivity contribution in [3.05, 3.63) is 53.6 Å². The predicted molar refractivity (Wildman–Crippen MR) is 124 cm³/mol. The van der Waals surface area contributed by atoms with Crippen LogP contribution in [0.2, 0.25) is 0 Å². The molecule has 7 nitrogen and oxygen atoms in total. The topological polar surface area (TPSA) is 84.9 Å². The molecule has 0 saturated carbocycles. The number of hydrogen-bond acceptors (Lipinski definition) is 5. The van der Waals surface area contributed by atoms with Gasteiger partial charge in [-0.15, -0.1) is 0 Å². The van der Waals surface area contributed by atoms with Gasteiger partial charge in [0.15, 0.2) is 11.5 Å². The summed E-state index contributed by atoms with van der Waals surface area (Å²) in [5, 5.41) is 2.93. The summed E-state index contributed by atoms with van der Waals surface area (Å²) in [4.78, 5) is 12.8. The molecule has 1 unspecified atom stereocenters. The zero-order valence-corrected chi connectivity index (χ0v) is 19.8. The first-order valence-corrected chi connectivity index (χ1v) is 12.3. The van der Waals surface area contributed by atoms with Crippen molar-refractivity contribution in [1.29, 1.82) is 0 Å². The van der Waals surface area contributed by atoms with Gasteiger partial charge in [0.2, 0.25) is 15.9 Å². The Morgan fingerprint density at radius 2 is 1.78 bits per heavy atom. The molecule has 1 N–H and O–H groups in total. The van der Waals surface area contributed by atoms with Crippen molar-refractivity contribution in [1.82, 2.24) is 9.62 Å². The molecule has 0 radical (unpaired) electrons. The molecule has 3 rings (SSSR count). The first-order chi connectivity index (χ1) is 15.3. The van der Waals surface area contributed by atoms with Crippen LogP contribution in [0.25, 0.3) is 0 Å². The molecule has 2 aromatic rings. The second kappa shape index (κ2) is 10.8. The third kappa shape index (κ3) is 5.81. The number of sulfonamides is 1. The molecular formula is C24H32N2O5S. The number of ether oxygens (including phenoxy) is 2. The van der Waals surface area contributed by atoms with Crippen LogP contribution < -0.4 is 14.8 Å². The number of hydrogen-bond donors (Lipinski definition) is 1. The van der Waals surface area contributed by atoms with E-state index >= 15 is 0 Å². The summed E-state index contributed by atoms with van der Waals surface area (Å²) in [5.74, 6) is 1.08. The van der Waals surface area contributed by atoms with Gasteiger partial charge in [0.1, 0.15) is 0 Å². The lowest BCUT2D eigenvalue weighted by atomic mass is 10.0.